The lowest BCUT2D eigenvalue weighted by molar-refractivity contribution is -0.132. The molecule has 1 fully saturated rings. The van der Waals surface area contributed by atoms with Gasteiger partial charge in [-0.3, -0.25) is 9.62 Å². The van der Waals surface area contributed by atoms with Crippen LogP contribution in [0.3, 0.4) is 0 Å². The lowest BCUT2D eigenvalue weighted by Gasteiger charge is -2.36. The molecule has 0 aromatic heterocycles. The second-order valence-electron chi connectivity index (χ2n) is 8.69. The third-order valence-corrected chi connectivity index (χ3v) is 7.52. The average molecular weight is 537 g/mol. The molecule has 2 heterocycles. The number of nitrogens with one attached hydrogen (secondary N) is 1. The normalized spacial score (nSPS) is 15.9. The van der Waals surface area contributed by atoms with Crippen LogP contribution in [0.2, 0.25) is 0 Å². The van der Waals surface area contributed by atoms with Crippen molar-refractivity contribution in [3.63, 3.8) is 0 Å². The summed E-state index contributed by atoms with van der Waals surface area (Å²) in [6, 6.07) is 12.0. The van der Waals surface area contributed by atoms with Crippen LogP contribution in [0.15, 0.2) is 52.9 Å². The van der Waals surface area contributed by atoms with Gasteiger partial charge < -0.3 is 15.7 Å². The number of benzene rings is 2. The first-order chi connectivity index (χ1) is 17.1. The first-order valence-electron chi connectivity index (χ1n) is 11.8. The van der Waals surface area contributed by atoms with E-state index in [4.69, 9.17) is 10.8 Å². The molecule has 2 aromatic carbocycles. The summed E-state index contributed by atoms with van der Waals surface area (Å²) in [6.45, 7) is 5.87. The van der Waals surface area contributed by atoms with E-state index < -0.39 is 16.0 Å². The van der Waals surface area contributed by atoms with Gasteiger partial charge in [-0.05, 0) is 74.0 Å². The van der Waals surface area contributed by atoms with E-state index in [0.29, 0.717) is 22.6 Å². The molecule has 0 bridgehead atoms. The third kappa shape index (κ3) is 8.81. The Hall–Kier alpha value is -2.60. The number of aliphatic carboxylic acids is 1. The largest absolute Gasteiger partial charge is 0.478 e. The van der Waals surface area contributed by atoms with Crippen molar-refractivity contribution >= 4 is 45.2 Å². The number of unbranched alkanes of at least 4 members (excludes halogenated alkanes) is 1. The summed E-state index contributed by atoms with van der Waals surface area (Å²) in [5, 5.41) is 8.76. The van der Waals surface area contributed by atoms with Crippen LogP contribution in [-0.4, -0.2) is 75.7 Å². The summed E-state index contributed by atoms with van der Waals surface area (Å²) in [5.74, 6) is -0.840. The van der Waals surface area contributed by atoms with Gasteiger partial charge in [0.15, 0.2) is 0 Å². The van der Waals surface area contributed by atoms with Gasteiger partial charge in [-0.15, -0.1) is 11.8 Å². The number of piperazine rings is 1. The molecule has 0 aliphatic carbocycles. The molecule has 2 aliphatic heterocycles. The van der Waals surface area contributed by atoms with E-state index in [1.54, 1.807) is 12.1 Å². The molecule has 2 aliphatic rings. The van der Waals surface area contributed by atoms with Crippen molar-refractivity contribution in [2.24, 2.45) is 5.73 Å². The van der Waals surface area contributed by atoms with Crippen LogP contribution >= 0.6 is 11.8 Å². The van der Waals surface area contributed by atoms with Crippen LogP contribution < -0.4 is 15.4 Å². The average Bonchev–Trinajstić information content (AvgIpc) is 2.83. The van der Waals surface area contributed by atoms with E-state index in [9.17, 15) is 17.6 Å². The molecule has 2 aromatic rings. The number of halogens is 1. The van der Waals surface area contributed by atoms with Crippen molar-refractivity contribution in [2.45, 2.75) is 17.7 Å². The van der Waals surface area contributed by atoms with Gasteiger partial charge in [0.2, 0.25) is 10.0 Å². The Bertz CT molecular complexity index is 1180. The van der Waals surface area contributed by atoms with E-state index in [-0.39, 0.29) is 5.82 Å². The molecule has 11 heteroatoms. The highest BCUT2D eigenvalue weighted by atomic mass is 32.2. The maximum absolute atomic E-state index is 12.8. The number of rotatable bonds is 8. The molecule has 0 spiro atoms. The van der Waals surface area contributed by atoms with E-state index in [1.807, 2.05) is 18.2 Å². The summed E-state index contributed by atoms with van der Waals surface area (Å²) < 4.78 is 38.0. The number of fused-ring (bicyclic) bond motifs is 1. The Balaban J connectivity index is 0.000000221. The number of thioether (sulfide) groups is 1. The molecule has 36 heavy (non-hydrogen) atoms. The lowest BCUT2D eigenvalue weighted by atomic mass is 10.1. The molecule has 0 unspecified atom stereocenters. The molecule has 4 rings (SSSR count). The number of sulfonamides is 1. The quantitative estimate of drug-likeness (QED) is 0.440. The van der Waals surface area contributed by atoms with Gasteiger partial charge in [0.25, 0.3) is 0 Å². The minimum atomic E-state index is -3.23. The summed E-state index contributed by atoms with van der Waals surface area (Å²) >= 11 is 1.42. The van der Waals surface area contributed by atoms with Crippen molar-refractivity contribution in [1.29, 1.82) is 0 Å². The number of nitrogens with two attached hydrogens (primary N) is 1. The van der Waals surface area contributed by atoms with Crippen molar-refractivity contribution in [1.82, 2.24) is 4.90 Å². The van der Waals surface area contributed by atoms with Crippen LogP contribution in [0, 0.1) is 5.82 Å². The standard InChI is InChI=1S/C15H26N4O2S.C10H7FO2S/c1-22(20,21)17-14-5-4-6-15(13-14)19-11-9-18(10-12-19)8-3-2-7-16;11-8-1-2-9-6(4-8)3-7(5-14-9)10(12)13/h4-6,13,17H,2-3,7-12,16H2,1H3;1-4H,5H2,(H,12,13). The molecule has 8 nitrogen and oxygen atoms in total. The Kier molecular flexibility index (Phi) is 10.2. The van der Waals surface area contributed by atoms with E-state index >= 15 is 0 Å². The summed E-state index contributed by atoms with van der Waals surface area (Å²) in [5.41, 5.74) is 8.17. The molecule has 0 saturated carbocycles. The molecule has 0 amide bonds. The monoisotopic (exact) mass is 536 g/mol. The zero-order valence-electron chi connectivity index (χ0n) is 20.3. The van der Waals surface area contributed by atoms with Crippen LogP contribution in [0.25, 0.3) is 6.08 Å². The minimum Gasteiger partial charge on any atom is -0.478 e. The number of nitrogens with zero attached hydrogens (tertiary/aromatic N) is 2. The van der Waals surface area contributed by atoms with Crippen LogP contribution in [-0.2, 0) is 14.8 Å². The highest BCUT2D eigenvalue weighted by Crippen LogP contribution is 2.32. The lowest BCUT2D eigenvalue weighted by Crippen LogP contribution is -2.46. The summed E-state index contributed by atoms with van der Waals surface area (Å²) in [7, 11) is -3.23. The number of carboxylic acid groups (broad SMARTS) is 1. The van der Waals surface area contributed by atoms with Crippen LogP contribution in [0.5, 0.6) is 0 Å². The fourth-order valence-corrected chi connectivity index (χ4v) is 5.48. The zero-order valence-corrected chi connectivity index (χ0v) is 22.0. The molecule has 1 saturated heterocycles. The van der Waals surface area contributed by atoms with Gasteiger partial charge in [0.05, 0.1) is 11.9 Å². The van der Waals surface area contributed by atoms with Gasteiger partial charge in [0, 0.05) is 48.1 Å². The SMILES string of the molecule is CS(=O)(=O)Nc1cccc(N2CCN(CCCCN)CC2)c1.O=C(O)C1=Cc2cc(F)ccc2SC1. The summed E-state index contributed by atoms with van der Waals surface area (Å²) in [4.78, 5) is 16.4. The minimum absolute atomic E-state index is 0.313. The zero-order chi connectivity index (χ0) is 26.1. The van der Waals surface area contributed by atoms with Crippen molar-refractivity contribution < 1.29 is 22.7 Å². The Morgan fingerprint density at radius 3 is 2.56 bits per heavy atom. The topological polar surface area (TPSA) is 116 Å². The maximum atomic E-state index is 12.8. The predicted octanol–water partition coefficient (Wildman–Crippen LogP) is 3.32. The summed E-state index contributed by atoms with van der Waals surface area (Å²) in [6.07, 6.45) is 4.93. The fourth-order valence-electron chi connectivity index (χ4n) is 3.96. The molecule has 0 atom stereocenters. The van der Waals surface area contributed by atoms with Crippen molar-refractivity contribution in [3.05, 3.63) is 59.4 Å². The predicted molar refractivity (Wildman–Crippen MR) is 145 cm³/mol. The fraction of sp³-hybridized carbons (Fsp3) is 0.400. The third-order valence-electron chi connectivity index (χ3n) is 5.77. The van der Waals surface area contributed by atoms with Gasteiger partial charge in [-0.2, -0.15) is 0 Å². The van der Waals surface area contributed by atoms with Gasteiger partial charge >= 0.3 is 5.97 Å². The Morgan fingerprint density at radius 2 is 1.89 bits per heavy atom. The van der Waals surface area contributed by atoms with Gasteiger partial charge in [-0.1, -0.05) is 6.07 Å². The van der Waals surface area contributed by atoms with E-state index in [0.717, 1.165) is 62.7 Å². The smallest absolute Gasteiger partial charge is 0.332 e. The van der Waals surface area contributed by atoms with Gasteiger partial charge in [0.1, 0.15) is 5.82 Å². The highest BCUT2D eigenvalue weighted by Gasteiger charge is 2.18. The molecular formula is C25H33FN4O4S2. The Morgan fingerprint density at radius 1 is 1.14 bits per heavy atom. The molecular weight excluding hydrogens is 503 g/mol. The number of carboxylic acids is 1. The van der Waals surface area contributed by atoms with E-state index in [2.05, 4.69) is 14.5 Å². The number of carbonyl (C=O) groups is 1. The number of hydrogen-bond acceptors (Lipinski definition) is 7. The highest BCUT2D eigenvalue weighted by molar-refractivity contribution is 7.99. The second kappa shape index (κ2) is 13.1. The van der Waals surface area contributed by atoms with Crippen molar-refractivity contribution in [2.75, 3.05) is 60.9 Å². The second-order valence-corrected chi connectivity index (χ2v) is 11.5. The van der Waals surface area contributed by atoms with Crippen LogP contribution in [0.1, 0.15) is 18.4 Å². The Labute approximate surface area is 216 Å². The first-order valence-corrected chi connectivity index (χ1v) is 14.6. The van der Waals surface area contributed by atoms with E-state index in [1.165, 1.54) is 36.2 Å². The molecule has 4 N–H and O–H groups in total. The van der Waals surface area contributed by atoms with Crippen LogP contribution in [0.4, 0.5) is 15.8 Å². The number of anilines is 2. The first kappa shape index (κ1) is 28.0. The molecule has 196 valence electrons. The van der Waals surface area contributed by atoms with Crippen molar-refractivity contribution in [3.8, 4) is 0 Å². The van der Waals surface area contributed by atoms with Gasteiger partial charge in [-0.25, -0.2) is 17.6 Å². The number of hydrogen-bond donors (Lipinski definition) is 3. The maximum Gasteiger partial charge on any atom is 0.332 e. The molecule has 0 radical (unpaired) electrons.